The van der Waals surface area contributed by atoms with Crippen molar-refractivity contribution in [1.82, 2.24) is 15.5 Å². The average Bonchev–Trinajstić information content (AvgIpc) is 2.61. The molecule has 1 fully saturated rings. The van der Waals surface area contributed by atoms with Gasteiger partial charge in [0.2, 0.25) is 5.91 Å². The van der Waals surface area contributed by atoms with Crippen LogP contribution in [0.25, 0.3) is 10.8 Å². The largest absolute Gasteiger partial charge is 0.348 e. The first-order valence-electron chi connectivity index (χ1n) is 8.39. The molecule has 1 amide bonds. The molecule has 2 N–H and O–H groups in total. The maximum Gasteiger partial charge on any atom is 0.237 e. The van der Waals surface area contributed by atoms with Crippen LogP contribution in [-0.4, -0.2) is 43.0 Å². The Kier molecular flexibility index (Phi) is 4.94. The molecule has 1 heterocycles. The second-order valence-electron chi connectivity index (χ2n) is 6.30. The second-order valence-corrected chi connectivity index (χ2v) is 6.30. The molecule has 2 atom stereocenters. The number of piperazine rings is 1. The van der Waals surface area contributed by atoms with E-state index in [0.29, 0.717) is 0 Å². The minimum atomic E-state index is -0.0833. The van der Waals surface area contributed by atoms with Crippen molar-refractivity contribution in [1.29, 1.82) is 0 Å². The van der Waals surface area contributed by atoms with Crippen LogP contribution in [0.2, 0.25) is 0 Å². The van der Waals surface area contributed by atoms with Crippen molar-refractivity contribution in [3.8, 4) is 0 Å². The van der Waals surface area contributed by atoms with Crippen molar-refractivity contribution in [2.45, 2.75) is 25.9 Å². The minimum absolute atomic E-state index is 0.0115. The Bertz CT molecular complexity index is 679. The lowest BCUT2D eigenvalue weighted by atomic mass is 10.0. The van der Waals surface area contributed by atoms with Gasteiger partial charge in [-0.05, 0) is 36.2 Å². The number of carbonyl (C=O) groups is 1. The normalized spacial score (nSPS) is 18.5. The lowest BCUT2D eigenvalue weighted by molar-refractivity contribution is -0.126. The Labute approximate surface area is 137 Å². The van der Waals surface area contributed by atoms with Gasteiger partial charge in [-0.3, -0.25) is 9.69 Å². The summed E-state index contributed by atoms with van der Waals surface area (Å²) in [4.78, 5) is 14.8. The van der Waals surface area contributed by atoms with E-state index in [9.17, 15) is 4.79 Å². The molecule has 23 heavy (non-hydrogen) atoms. The first-order chi connectivity index (χ1) is 11.1. The van der Waals surface area contributed by atoms with E-state index in [1.807, 2.05) is 26.0 Å². The number of nitrogens with zero attached hydrogens (tertiary/aromatic N) is 1. The SMILES string of the molecule is CC(NC(=O)C(C)N1CCNCC1)c1ccc2ccccc2c1. The predicted molar refractivity (Wildman–Crippen MR) is 94.4 cm³/mol. The number of rotatable bonds is 4. The maximum absolute atomic E-state index is 12.5. The molecule has 0 radical (unpaired) electrons. The summed E-state index contributed by atoms with van der Waals surface area (Å²) in [6.07, 6.45) is 0. The van der Waals surface area contributed by atoms with Crippen LogP contribution in [0.4, 0.5) is 0 Å². The number of benzene rings is 2. The summed E-state index contributed by atoms with van der Waals surface area (Å²) < 4.78 is 0. The molecule has 1 aliphatic rings. The fourth-order valence-corrected chi connectivity index (χ4v) is 3.13. The van der Waals surface area contributed by atoms with Gasteiger partial charge in [0.1, 0.15) is 0 Å². The molecule has 0 aromatic heterocycles. The fourth-order valence-electron chi connectivity index (χ4n) is 3.13. The van der Waals surface area contributed by atoms with Gasteiger partial charge in [-0.25, -0.2) is 0 Å². The Morgan fingerprint density at radius 3 is 2.52 bits per heavy atom. The van der Waals surface area contributed by atoms with Crippen LogP contribution < -0.4 is 10.6 Å². The van der Waals surface area contributed by atoms with Gasteiger partial charge >= 0.3 is 0 Å². The third-order valence-electron chi connectivity index (χ3n) is 4.71. The molecule has 3 rings (SSSR count). The Hall–Kier alpha value is -1.91. The highest BCUT2D eigenvalue weighted by Crippen LogP contribution is 2.20. The van der Waals surface area contributed by atoms with Gasteiger partial charge in [-0.1, -0.05) is 36.4 Å². The first kappa shape index (κ1) is 16.0. The highest BCUT2D eigenvalue weighted by Gasteiger charge is 2.23. The van der Waals surface area contributed by atoms with Crippen molar-refractivity contribution in [2.24, 2.45) is 0 Å². The Morgan fingerprint density at radius 1 is 1.09 bits per heavy atom. The second kappa shape index (κ2) is 7.11. The van der Waals surface area contributed by atoms with E-state index >= 15 is 0 Å². The highest BCUT2D eigenvalue weighted by molar-refractivity contribution is 5.84. The van der Waals surface area contributed by atoms with Crippen molar-refractivity contribution >= 4 is 16.7 Å². The minimum Gasteiger partial charge on any atom is -0.348 e. The van der Waals surface area contributed by atoms with Gasteiger partial charge in [0.15, 0.2) is 0 Å². The maximum atomic E-state index is 12.5. The topological polar surface area (TPSA) is 44.4 Å². The molecule has 0 spiro atoms. The number of nitrogens with one attached hydrogen (secondary N) is 2. The van der Waals surface area contributed by atoms with Crippen LogP contribution in [-0.2, 0) is 4.79 Å². The van der Waals surface area contributed by atoms with Crippen LogP contribution in [0.1, 0.15) is 25.5 Å². The Balaban J connectivity index is 1.66. The van der Waals surface area contributed by atoms with E-state index in [0.717, 1.165) is 31.7 Å². The zero-order chi connectivity index (χ0) is 16.2. The van der Waals surface area contributed by atoms with E-state index in [2.05, 4.69) is 45.9 Å². The molecular formula is C19H25N3O. The van der Waals surface area contributed by atoms with E-state index in [1.165, 1.54) is 10.8 Å². The molecule has 2 unspecified atom stereocenters. The van der Waals surface area contributed by atoms with Crippen molar-refractivity contribution < 1.29 is 4.79 Å². The van der Waals surface area contributed by atoms with Crippen LogP contribution in [0.5, 0.6) is 0 Å². The van der Waals surface area contributed by atoms with E-state index in [4.69, 9.17) is 0 Å². The third kappa shape index (κ3) is 3.71. The number of carbonyl (C=O) groups excluding carboxylic acids is 1. The third-order valence-corrected chi connectivity index (χ3v) is 4.71. The van der Waals surface area contributed by atoms with Gasteiger partial charge in [0.05, 0.1) is 12.1 Å². The lowest BCUT2D eigenvalue weighted by Gasteiger charge is -2.32. The molecule has 1 aliphatic heterocycles. The van der Waals surface area contributed by atoms with Crippen LogP contribution in [0.15, 0.2) is 42.5 Å². The monoisotopic (exact) mass is 311 g/mol. The fraction of sp³-hybridized carbons (Fsp3) is 0.421. The quantitative estimate of drug-likeness (QED) is 0.911. The molecular weight excluding hydrogens is 286 g/mol. The van der Waals surface area contributed by atoms with Crippen molar-refractivity contribution in [3.05, 3.63) is 48.0 Å². The summed E-state index contributed by atoms with van der Waals surface area (Å²) in [5.41, 5.74) is 1.14. The number of hydrogen-bond donors (Lipinski definition) is 2. The van der Waals surface area contributed by atoms with Crippen molar-refractivity contribution in [2.75, 3.05) is 26.2 Å². The predicted octanol–water partition coefficient (Wildman–Crippen LogP) is 2.31. The average molecular weight is 311 g/mol. The van der Waals surface area contributed by atoms with Gasteiger partial charge < -0.3 is 10.6 Å². The molecule has 4 nitrogen and oxygen atoms in total. The van der Waals surface area contributed by atoms with Gasteiger partial charge in [0.25, 0.3) is 0 Å². The summed E-state index contributed by atoms with van der Waals surface area (Å²) >= 11 is 0. The Morgan fingerprint density at radius 2 is 1.78 bits per heavy atom. The standard InChI is InChI=1S/C19H25N3O/c1-14(17-8-7-16-5-3-4-6-18(16)13-17)21-19(23)15(2)22-11-9-20-10-12-22/h3-8,13-15,20H,9-12H2,1-2H3,(H,21,23). The zero-order valence-corrected chi connectivity index (χ0v) is 13.9. The van der Waals surface area contributed by atoms with Crippen molar-refractivity contribution in [3.63, 3.8) is 0 Å². The smallest absolute Gasteiger partial charge is 0.237 e. The van der Waals surface area contributed by atoms with E-state index in [-0.39, 0.29) is 18.0 Å². The summed E-state index contributed by atoms with van der Waals surface area (Å²) in [5.74, 6) is 0.104. The molecule has 1 saturated heterocycles. The first-order valence-corrected chi connectivity index (χ1v) is 8.39. The van der Waals surface area contributed by atoms with E-state index in [1.54, 1.807) is 0 Å². The van der Waals surface area contributed by atoms with Gasteiger partial charge in [0, 0.05) is 26.2 Å². The molecule has 122 valence electrons. The summed E-state index contributed by atoms with van der Waals surface area (Å²) in [6.45, 7) is 7.81. The number of amides is 1. The summed E-state index contributed by atoms with van der Waals surface area (Å²) in [7, 11) is 0. The van der Waals surface area contributed by atoms with Crippen LogP contribution in [0.3, 0.4) is 0 Å². The molecule has 0 saturated carbocycles. The number of hydrogen-bond acceptors (Lipinski definition) is 3. The molecule has 4 heteroatoms. The number of fused-ring (bicyclic) bond motifs is 1. The molecule has 0 bridgehead atoms. The summed E-state index contributed by atoms with van der Waals surface area (Å²) in [5, 5.41) is 8.91. The zero-order valence-electron chi connectivity index (χ0n) is 13.9. The van der Waals surface area contributed by atoms with Gasteiger partial charge in [-0.2, -0.15) is 0 Å². The lowest BCUT2D eigenvalue weighted by Crippen LogP contribution is -2.52. The summed E-state index contributed by atoms with van der Waals surface area (Å²) in [6, 6.07) is 14.6. The molecule has 2 aromatic carbocycles. The van der Waals surface area contributed by atoms with E-state index < -0.39 is 0 Å². The van der Waals surface area contributed by atoms with Crippen LogP contribution in [0, 0.1) is 0 Å². The van der Waals surface area contributed by atoms with Crippen LogP contribution >= 0.6 is 0 Å². The highest BCUT2D eigenvalue weighted by atomic mass is 16.2. The van der Waals surface area contributed by atoms with Gasteiger partial charge in [-0.15, -0.1) is 0 Å². The molecule has 2 aromatic rings. The molecule has 0 aliphatic carbocycles.